The van der Waals surface area contributed by atoms with E-state index in [4.69, 9.17) is 4.43 Å². The number of rotatable bonds is 6. The Bertz CT molecular complexity index is 113. The van der Waals surface area contributed by atoms with E-state index in [0.29, 0.717) is 0 Å². The number of halogens is 1. The maximum Gasteiger partial charge on any atom is 0.197 e. The lowest BCUT2D eigenvalue weighted by Crippen LogP contribution is -2.34. The van der Waals surface area contributed by atoms with E-state index in [1.54, 1.807) is 0 Å². The zero-order valence-electron chi connectivity index (χ0n) is 8.69. The van der Waals surface area contributed by atoms with Gasteiger partial charge in [0.25, 0.3) is 0 Å². The van der Waals surface area contributed by atoms with Gasteiger partial charge in [0.05, 0.1) is 0 Å². The van der Waals surface area contributed by atoms with Gasteiger partial charge in [-0.1, -0.05) is 42.6 Å². The van der Waals surface area contributed by atoms with E-state index in [2.05, 4.69) is 42.9 Å². The summed E-state index contributed by atoms with van der Waals surface area (Å²) in [6.07, 6.45) is 2.48. The Morgan fingerprint density at radius 3 is 2.08 bits per heavy atom. The summed E-state index contributed by atoms with van der Waals surface area (Å²) in [6, 6.07) is 0. The summed E-state index contributed by atoms with van der Waals surface area (Å²) >= 11 is 3.50. The molecule has 0 unspecified atom stereocenters. The molecule has 74 valence electrons. The van der Waals surface area contributed by atoms with E-state index < -0.39 is 8.32 Å². The van der Waals surface area contributed by atoms with Crippen LogP contribution in [0.5, 0.6) is 0 Å². The SMILES string of the molecule is CCC(CC)CO[Si](C)(C)CBr. The summed E-state index contributed by atoms with van der Waals surface area (Å²) in [5.41, 5.74) is 0. The molecule has 0 fully saturated rings. The highest BCUT2D eigenvalue weighted by atomic mass is 79.9. The van der Waals surface area contributed by atoms with Crippen LogP contribution in [0.1, 0.15) is 26.7 Å². The highest BCUT2D eigenvalue weighted by Gasteiger charge is 2.21. The fraction of sp³-hybridized carbons (Fsp3) is 1.00. The van der Waals surface area contributed by atoms with Crippen LogP contribution in [-0.2, 0) is 4.43 Å². The van der Waals surface area contributed by atoms with Crippen LogP contribution in [0.25, 0.3) is 0 Å². The van der Waals surface area contributed by atoms with Crippen LogP contribution < -0.4 is 0 Å². The molecule has 0 heterocycles. The van der Waals surface area contributed by atoms with Crippen molar-refractivity contribution in [1.82, 2.24) is 0 Å². The fourth-order valence-electron chi connectivity index (χ4n) is 0.906. The van der Waals surface area contributed by atoms with E-state index >= 15 is 0 Å². The molecule has 0 N–H and O–H groups in total. The molecule has 0 amide bonds. The third-order valence-electron chi connectivity index (χ3n) is 2.19. The van der Waals surface area contributed by atoms with Crippen molar-refractivity contribution in [3.8, 4) is 0 Å². The first-order valence-corrected chi connectivity index (χ1v) is 8.99. The molecule has 0 aromatic rings. The Hall–Kier alpha value is 0.657. The van der Waals surface area contributed by atoms with Gasteiger partial charge in [0.2, 0.25) is 0 Å². The predicted octanol–water partition coefficient (Wildman–Crippen LogP) is 3.58. The molecular weight excluding hydrogens is 232 g/mol. The minimum absolute atomic E-state index is 0.760. The van der Waals surface area contributed by atoms with Crippen molar-refractivity contribution in [2.24, 2.45) is 5.92 Å². The summed E-state index contributed by atoms with van der Waals surface area (Å²) in [7, 11) is -1.36. The van der Waals surface area contributed by atoms with E-state index in [-0.39, 0.29) is 0 Å². The second-order valence-corrected chi connectivity index (χ2v) is 9.64. The predicted molar refractivity (Wildman–Crippen MR) is 61.3 cm³/mol. The molecule has 0 aliphatic heterocycles. The third-order valence-corrected chi connectivity index (χ3v) is 7.83. The minimum atomic E-state index is -1.36. The lowest BCUT2D eigenvalue weighted by molar-refractivity contribution is 0.234. The van der Waals surface area contributed by atoms with Crippen LogP contribution in [0.15, 0.2) is 0 Å². The lowest BCUT2D eigenvalue weighted by atomic mass is 10.1. The zero-order chi connectivity index (χ0) is 9.61. The van der Waals surface area contributed by atoms with Gasteiger partial charge in [-0.05, 0) is 19.0 Å². The Kier molecular flexibility index (Phi) is 6.50. The smallest absolute Gasteiger partial charge is 0.197 e. The molecule has 12 heavy (non-hydrogen) atoms. The van der Waals surface area contributed by atoms with E-state index in [9.17, 15) is 0 Å². The largest absolute Gasteiger partial charge is 0.416 e. The van der Waals surface area contributed by atoms with Crippen LogP contribution in [0, 0.1) is 5.92 Å². The standard InChI is InChI=1S/C9H21BrOSi/c1-5-9(6-2)7-11-12(3,4)8-10/h9H,5-8H2,1-4H3. The molecule has 0 aliphatic carbocycles. The monoisotopic (exact) mass is 252 g/mol. The second-order valence-electron chi connectivity index (χ2n) is 3.89. The quantitative estimate of drug-likeness (QED) is 0.519. The van der Waals surface area contributed by atoms with E-state index in [0.717, 1.165) is 17.5 Å². The van der Waals surface area contributed by atoms with Crippen molar-refractivity contribution >= 4 is 24.2 Å². The average Bonchev–Trinajstić information content (AvgIpc) is 2.06. The summed E-state index contributed by atoms with van der Waals surface area (Å²) < 4.78 is 5.91. The molecule has 0 spiro atoms. The van der Waals surface area contributed by atoms with Crippen molar-refractivity contribution in [3.05, 3.63) is 0 Å². The topological polar surface area (TPSA) is 9.23 Å². The molecule has 0 radical (unpaired) electrons. The summed E-state index contributed by atoms with van der Waals surface area (Å²) in [6.45, 7) is 9.94. The van der Waals surface area contributed by atoms with Crippen molar-refractivity contribution in [1.29, 1.82) is 0 Å². The van der Waals surface area contributed by atoms with Crippen molar-refractivity contribution in [2.45, 2.75) is 39.8 Å². The van der Waals surface area contributed by atoms with Gasteiger partial charge in [0, 0.05) is 11.6 Å². The Morgan fingerprint density at radius 1 is 1.25 bits per heavy atom. The first kappa shape index (κ1) is 12.7. The molecule has 1 nitrogen and oxygen atoms in total. The molecule has 0 atom stereocenters. The molecule has 0 saturated heterocycles. The molecule has 0 bridgehead atoms. The van der Waals surface area contributed by atoms with E-state index in [1.165, 1.54) is 12.8 Å². The molecule has 0 rings (SSSR count). The fourth-order valence-corrected chi connectivity index (χ4v) is 2.16. The van der Waals surface area contributed by atoms with Crippen LogP contribution in [-0.4, -0.2) is 19.9 Å². The van der Waals surface area contributed by atoms with Crippen molar-refractivity contribution < 1.29 is 4.43 Å². The van der Waals surface area contributed by atoms with Crippen molar-refractivity contribution in [2.75, 3.05) is 11.6 Å². The molecule has 0 aromatic heterocycles. The van der Waals surface area contributed by atoms with Crippen LogP contribution >= 0.6 is 15.9 Å². The number of hydrogen-bond acceptors (Lipinski definition) is 1. The lowest BCUT2D eigenvalue weighted by Gasteiger charge is -2.23. The third kappa shape index (κ3) is 5.33. The van der Waals surface area contributed by atoms with Gasteiger partial charge in [-0.25, -0.2) is 0 Å². The minimum Gasteiger partial charge on any atom is -0.416 e. The Morgan fingerprint density at radius 2 is 1.75 bits per heavy atom. The maximum absolute atomic E-state index is 5.91. The first-order chi connectivity index (χ1) is 5.55. The highest BCUT2D eigenvalue weighted by molar-refractivity contribution is 9.09. The molecule has 0 aliphatic rings. The van der Waals surface area contributed by atoms with Gasteiger partial charge in [-0.2, -0.15) is 0 Å². The maximum atomic E-state index is 5.91. The Labute approximate surface area is 86.1 Å². The van der Waals surface area contributed by atoms with Gasteiger partial charge in [0.15, 0.2) is 8.32 Å². The molecular formula is C9H21BrOSi. The highest BCUT2D eigenvalue weighted by Crippen LogP contribution is 2.13. The number of hydrogen-bond donors (Lipinski definition) is 0. The van der Waals surface area contributed by atoms with Gasteiger partial charge < -0.3 is 4.43 Å². The first-order valence-electron chi connectivity index (χ1n) is 4.75. The second kappa shape index (κ2) is 6.16. The number of alkyl halides is 1. The Balaban J connectivity index is 3.65. The van der Waals surface area contributed by atoms with Crippen LogP contribution in [0.4, 0.5) is 0 Å². The van der Waals surface area contributed by atoms with Gasteiger partial charge in [0.1, 0.15) is 0 Å². The normalized spacial score (nSPS) is 12.5. The molecule has 3 heteroatoms. The van der Waals surface area contributed by atoms with Crippen molar-refractivity contribution in [3.63, 3.8) is 0 Å². The molecule has 0 saturated carbocycles. The van der Waals surface area contributed by atoms with Gasteiger partial charge in [-0.15, -0.1) is 0 Å². The summed E-state index contributed by atoms with van der Waals surface area (Å²) in [5, 5.41) is 0. The summed E-state index contributed by atoms with van der Waals surface area (Å²) in [5.74, 6) is 0.760. The summed E-state index contributed by atoms with van der Waals surface area (Å²) in [4.78, 5) is 1.04. The van der Waals surface area contributed by atoms with Gasteiger partial charge >= 0.3 is 0 Å². The zero-order valence-corrected chi connectivity index (χ0v) is 11.3. The van der Waals surface area contributed by atoms with E-state index in [1.807, 2.05) is 0 Å². The van der Waals surface area contributed by atoms with Gasteiger partial charge in [-0.3, -0.25) is 0 Å². The van der Waals surface area contributed by atoms with Crippen LogP contribution in [0.2, 0.25) is 13.1 Å². The van der Waals surface area contributed by atoms with Crippen LogP contribution in [0.3, 0.4) is 0 Å². The molecule has 0 aromatic carbocycles. The average molecular weight is 253 g/mol.